The lowest BCUT2D eigenvalue weighted by Crippen LogP contribution is -2.28. The van der Waals surface area contributed by atoms with Crippen molar-refractivity contribution in [3.05, 3.63) is 210 Å². The van der Waals surface area contributed by atoms with E-state index in [2.05, 4.69) is 115 Å². The fourth-order valence-electron chi connectivity index (χ4n) is 7.65. The minimum absolute atomic E-state index is 0.595. The van der Waals surface area contributed by atoms with E-state index in [0.29, 0.717) is 23.0 Å². The number of aromatic nitrogens is 3. The van der Waals surface area contributed by atoms with Crippen LogP contribution in [-0.4, -0.2) is 15.0 Å². The lowest BCUT2D eigenvalue weighted by Gasteiger charge is -2.34. The first kappa shape index (κ1) is 30.1. The Hall–Kier alpha value is -6.96. The van der Waals surface area contributed by atoms with Crippen LogP contribution in [0.25, 0.3) is 56.4 Å². The van der Waals surface area contributed by atoms with Crippen LogP contribution in [0.2, 0.25) is 0 Å². The number of benzene rings is 7. The van der Waals surface area contributed by atoms with Crippen molar-refractivity contribution < 1.29 is 0 Å². The number of rotatable bonds is 6. The molecule has 1 heterocycles. The van der Waals surface area contributed by atoms with E-state index >= 15 is 0 Å². The molecule has 1 aliphatic carbocycles. The molecule has 1 aromatic heterocycles. The van der Waals surface area contributed by atoms with Gasteiger partial charge in [-0.15, -0.1) is 0 Å². The minimum atomic E-state index is -0.595. The van der Waals surface area contributed by atoms with Gasteiger partial charge in [-0.2, -0.15) is 5.26 Å². The Bertz CT molecular complexity index is 2460. The predicted molar refractivity (Wildman–Crippen MR) is 204 cm³/mol. The van der Waals surface area contributed by atoms with E-state index in [0.717, 1.165) is 61.2 Å². The van der Waals surface area contributed by atoms with Crippen LogP contribution in [0.15, 0.2) is 182 Å². The summed E-state index contributed by atoms with van der Waals surface area (Å²) in [5, 5.41) is 10.5. The van der Waals surface area contributed by atoms with Gasteiger partial charge in [0.05, 0.1) is 17.0 Å². The van der Waals surface area contributed by atoms with E-state index in [-0.39, 0.29) is 0 Å². The summed E-state index contributed by atoms with van der Waals surface area (Å²) in [5.41, 5.74) is 11.6. The molecule has 4 nitrogen and oxygen atoms in total. The first-order valence-electron chi connectivity index (χ1n) is 17.0. The van der Waals surface area contributed by atoms with Crippen molar-refractivity contribution in [2.24, 2.45) is 0 Å². The molecule has 1 aliphatic rings. The molecule has 51 heavy (non-hydrogen) atoms. The van der Waals surface area contributed by atoms with Gasteiger partial charge >= 0.3 is 0 Å². The Morgan fingerprint density at radius 2 is 0.784 bits per heavy atom. The second kappa shape index (κ2) is 12.5. The van der Waals surface area contributed by atoms with Gasteiger partial charge in [0.25, 0.3) is 0 Å². The van der Waals surface area contributed by atoms with Crippen molar-refractivity contribution in [1.82, 2.24) is 15.0 Å². The van der Waals surface area contributed by atoms with Gasteiger partial charge in [0, 0.05) is 22.3 Å². The molecule has 0 atom stereocenters. The number of nitrogens with zero attached hydrogens (tertiary/aromatic N) is 4. The fourth-order valence-corrected chi connectivity index (χ4v) is 7.65. The number of fused-ring (bicyclic) bond motifs is 3. The molecule has 0 bridgehead atoms. The lowest BCUT2D eigenvalue weighted by molar-refractivity contribution is 0.768. The molecular weight excluding hydrogens is 621 g/mol. The highest BCUT2D eigenvalue weighted by Gasteiger charge is 2.47. The topological polar surface area (TPSA) is 62.5 Å². The molecule has 0 radical (unpaired) electrons. The van der Waals surface area contributed by atoms with Gasteiger partial charge in [0.1, 0.15) is 0 Å². The van der Waals surface area contributed by atoms with Gasteiger partial charge in [-0.1, -0.05) is 176 Å². The highest BCUT2D eigenvalue weighted by molar-refractivity contribution is 5.97. The summed E-state index contributed by atoms with van der Waals surface area (Å²) in [7, 11) is 0. The molecule has 0 saturated heterocycles. The minimum Gasteiger partial charge on any atom is -0.208 e. The highest BCUT2D eigenvalue weighted by Crippen LogP contribution is 2.59. The second-order valence-corrected chi connectivity index (χ2v) is 12.7. The van der Waals surface area contributed by atoms with Crippen LogP contribution in [0.1, 0.15) is 27.8 Å². The lowest BCUT2D eigenvalue weighted by atomic mass is 9.67. The third kappa shape index (κ3) is 4.95. The maximum absolute atomic E-state index is 10.5. The molecule has 0 unspecified atom stereocenters. The Morgan fingerprint density at radius 1 is 0.373 bits per heavy atom. The predicted octanol–water partition coefficient (Wildman–Crippen LogP) is 10.8. The van der Waals surface area contributed by atoms with E-state index in [9.17, 15) is 5.26 Å². The molecule has 0 spiro atoms. The van der Waals surface area contributed by atoms with Crippen molar-refractivity contribution in [2.75, 3.05) is 0 Å². The maximum atomic E-state index is 10.5. The SMILES string of the molecule is N#Cc1cccc2c1-c1c(-c3ccc(-c4nc(-c5ccccc5)nc(-c5ccccc5)n4)cc3)cccc1C2(c1ccccc1)c1ccccc1. The van der Waals surface area contributed by atoms with E-state index in [1.54, 1.807) is 0 Å². The molecule has 0 fully saturated rings. The average molecular weight is 651 g/mol. The summed E-state index contributed by atoms with van der Waals surface area (Å²) in [6.45, 7) is 0. The van der Waals surface area contributed by atoms with Crippen LogP contribution in [0.4, 0.5) is 0 Å². The zero-order valence-electron chi connectivity index (χ0n) is 27.6. The van der Waals surface area contributed by atoms with Gasteiger partial charge < -0.3 is 0 Å². The van der Waals surface area contributed by atoms with Crippen LogP contribution in [0, 0.1) is 11.3 Å². The quantitative estimate of drug-likeness (QED) is 0.180. The Balaban J connectivity index is 1.23. The Labute approximate surface area is 297 Å². The molecule has 8 aromatic rings. The van der Waals surface area contributed by atoms with E-state index in [1.165, 1.54) is 0 Å². The van der Waals surface area contributed by atoms with Crippen LogP contribution in [0.3, 0.4) is 0 Å². The first-order valence-corrected chi connectivity index (χ1v) is 17.0. The van der Waals surface area contributed by atoms with E-state index in [4.69, 9.17) is 15.0 Å². The number of hydrogen-bond donors (Lipinski definition) is 0. The summed E-state index contributed by atoms with van der Waals surface area (Å²) in [5.74, 6) is 1.86. The molecule has 0 saturated carbocycles. The second-order valence-electron chi connectivity index (χ2n) is 12.7. The summed E-state index contributed by atoms with van der Waals surface area (Å²) in [4.78, 5) is 14.7. The summed E-state index contributed by atoms with van der Waals surface area (Å²) >= 11 is 0. The van der Waals surface area contributed by atoms with Gasteiger partial charge in [0.2, 0.25) is 0 Å². The van der Waals surface area contributed by atoms with Gasteiger partial charge in [-0.05, 0) is 45.0 Å². The van der Waals surface area contributed by atoms with Crippen molar-refractivity contribution >= 4 is 0 Å². The van der Waals surface area contributed by atoms with Crippen molar-refractivity contribution in [3.63, 3.8) is 0 Å². The van der Waals surface area contributed by atoms with Crippen LogP contribution < -0.4 is 0 Å². The average Bonchev–Trinajstić information content (AvgIpc) is 3.53. The molecule has 238 valence electrons. The molecule has 7 aromatic carbocycles. The molecule has 0 aliphatic heterocycles. The monoisotopic (exact) mass is 650 g/mol. The van der Waals surface area contributed by atoms with Crippen molar-refractivity contribution in [2.45, 2.75) is 5.41 Å². The Morgan fingerprint density at radius 3 is 1.27 bits per heavy atom. The summed E-state index contributed by atoms with van der Waals surface area (Å²) in [6, 6.07) is 65.0. The molecular formula is C47H30N4. The zero-order chi connectivity index (χ0) is 34.2. The Kier molecular flexibility index (Phi) is 7.38. The molecule has 0 N–H and O–H groups in total. The normalized spacial score (nSPS) is 12.5. The third-order valence-electron chi connectivity index (χ3n) is 9.87. The molecule has 0 amide bonds. The summed E-state index contributed by atoms with van der Waals surface area (Å²) < 4.78 is 0. The largest absolute Gasteiger partial charge is 0.208 e. The number of hydrogen-bond acceptors (Lipinski definition) is 4. The molecule has 4 heteroatoms. The smallest absolute Gasteiger partial charge is 0.164 e. The van der Waals surface area contributed by atoms with Crippen molar-refractivity contribution in [1.29, 1.82) is 5.26 Å². The zero-order valence-corrected chi connectivity index (χ0v) is 27.6. The van der Waals surface area contributed by atoms with Crippen molar-refractivity contribution in [3.8, 4) is 62.5 Å². The summed E-state index contributed by atoms with van der Waals surface area (Å²) in [6.07, 6.45) is 0. The maximum Gasteiger partial charge on any atom is 0.164 e. The van der Waals surface area contributed by atoms with Gasteiger partial charge in [-0.25, -0.2) is 15.0 Å². The number of nitriles is 1. The van der Waals surface area contributed by atoms with Crippen LogP contribution >= 0.6 is 0 Å². The molecule has 9 rings (SSSR count). The van der Waals surface area contributed by atoms with E-state index < -0.39 is 5.41 Å². The van der Waals surface area contributed by atoms with Gasteiger partial charge in [0.15, 0.2) is 17.5 Å². The first-order chi connectivity index (χ1) is 25.3. The third-order valence-corrected chi connectivity index (χ3v) is 9.87. The fraction of sp³-hybridized carbons (Fsp3) is 0.0213. The highest BCUT2D eigenvalue weighted by atomic mass is 15.0. The van der Waals surface area contributed by atoms with E-state index in [1.807, 2.05) is 72.8 Å². The van der Waals surface area contributed by atoms with Crippen LogP contribution in [-0.2, 0) is 5.41 Å². The van der Waals surface area contributed by atoms with Crippen LogP contribution in [0.5, 0.6) is 0 Å². The van der Waals surface area contributed by atoms with Gasteiger partial charge in [-0.3, -0.25) is 0 Å². The standard InChI is InChI=1S/C47H30N4/c48-31-36-19-13-25-40-42(36)43-39(24-14-26-41(43)47(40,37-20-9-3-10-21-37)38-22-11-4-12-23-38)32-27-29-35(30-28-32)46-50-44(33-15-5-1-6-16-33)49-45(51-46)34-17-7-2-8-18-34/h1-30H.